The van der Waals surface area contributed by atoms with Crippen LogP contribution >= 0.6 is 11.6 Å². The zero-order valence-electron chi connectivity index (χ0n) is 11.2. The fourth-order valence-corrected chi connectivity index (χ4v) is 3.58. The van der Waals surface area contributed by atoms with Gasteiger partial charge in [0.2, 0.25) is 10.0 Å². The first kappa shape index (κ1) is 15.8. The number of anilines is 1. The van der Waals surface area contributed by atoms with Gasteiger partial charge in [-0.05, 0) is 42.8 Å². The van der Waals surface area contributed by atoms with Gasteiger partial charge in [-0.2, -0.15) is 0 Å². The van der Waals surface area contributed by atoms with Crippen LogP contribution in [0.3, 0.4) is 0 Å². The normalized spacial score (nSPS) is 13.1. The highest BCUT2D eigenvalue weighted by Gasteiger charge is 2.21. The van der Waals surface area contributed by atoms with E-state index >= 15 is 0 Å². The lowest BCUT2D eigenvalue weighted by Gasteiger charge is -2.15. The minimum Gasteiger partial charge on any atom is -0.399 e. The molecule has 0 saturated heterocycles. The van der Waals surface area contributed by atoms with E-state index < -0.39 is 21.9 Å². The van der Waals surface area contributed by atoms with Crippen molar-refractivity contribution in [1.82, 2.24) is 4.72 Å². The fourth-order valence-electron chi connectivity index (χ4n) is 1.83. The molecular weight excluding hydrogens is 315 g/mol. The smallest absolute Gasteiger partial charge is 0.242 e. The molecule has 4 nitrogen and oxygen atoms in total. The van der Waals surface area contributed by atoms with Crippen LogP contribution in [0.1, 0.15) is 18.5 Å². The Morgan fingerprint density at radius 1 is 1.19 bits per heavy atom. The number of hydrogen-bond acceptors (Lipinski definition) is 3. The first-order valence-electron chi connectivity index (χ1n) is 6.12. The molecule has 0 bridgehead atoms. The van der Waals surface area contributed by atoms with Crippen LogP contribution in [0.15, 0.2) is 47.4 Å². The van der Waals surface area contributed by atoms with E-state index in [0.29, 0.717) is 5.69 Å². The van der Waals surface area contributed by atoms with Gasteiger partial charge in [0.05, 0.1) is 5.02 Å². The molecule has 0 aliphatic heterocycles. The van der Waals surface area contributed by atoms with Gasteiger partial charge in [0.25, 0.3) is 0 Å². The monoisotopic (exact) mass is 328 g/mol. The third-order valence-corrected chi connectivity index (χ3v) is 4.97. The van der Waals surface area contributed by atoms with E-state index in [-0.39, 0.29) is 9.92 Å². The Hall–Kier alpha value is -1.63. The molecule has 0 aliphatic carbocycles. The maximum Gasteiger partial charge on any atom is 0.242 e. The largest absolute Gasteiger partial charge is 0.399 e. The molecule has 0 aliphatic rings. The van der Waals surface area contributed by atoms with Crippen molar-refractivity contribution < 1.29 is 12.8 Å². The molecule has 0 fully saturated rings. The predicted molar refractivity (Wildman–Crippen MR) is 81.0 cm³/mol. The van der Waals surface area contributed by atoms with E-state index in [2.05, 4.69) is 4.72 Å². The van der Waals surface area contributed by atoms with E-state index in [0.717, 1.165) is 17.7 Å². The first-order valence-corrected chi connectivity index (χ1v) is 7.98. The lowest BCUT2D eigenvalue weighted by Crippen LogP contribution is -2.27. The van der Waals surface area contributed by atoms with Crippen LogP contribution in [-0.4, -0.2) is 8.42 Å². The van der Waals surface area contributed by atoms with Gasteiger partial charge in [-0.3, -0.25) is 0 Å². The van der Waals surface area contributed by atoms with E-state index in [4.69, 9.17) is 17.3 Å². The Bertz CT molecular complexity index is 748. The molecule has 0 saturated carbocycles. The highest BCUT2D eigenvalue weighted by atomic mass is 35.5. The highest BCUT2D eigenvalue weighted by Crippen LogP contribution is 2.24. The molecule has 0 aromatic heterocycles. The molecule has 7 heteroatoms. The number of halogens is 2. The first-order chi connectivity index (χ1) is 9.79. The number of rotatable bonds is 4. The molecule has 0 radical (unpaired) electrons. The maximum absolute atomic E-state index is 13.2. The molecule has 2 aromatic rings. The van der Waals surface area contributed by atoms with Crippen LogP contribution in [0, 0.1) is 5.82 Å². The Morgan fingerprint density at radius 2 is 1.81 bits per heavy atom. The zero-order valence-corrected chi connectivity index (χ0v) is 12.7. The third-order valence-electron chi connectivity index (χ3n) is 2.95. The van der Waals surface area contributed by atoms with Crippen molar-refractivity contribution in [3.63, 3.8) is 0 Å². The van der Waals surface area contributed by atoms with Crippen molar-refractivity contribution in [1.29, 1.82) is 0 Å². The van der Waals surface area contributed by atoms with Crippen molar-refractivity contribution in [2.75, 3.05) is 5.73 Å². The molecule has 0 amide bonds. The molecule has 21 heavy (non-hydrogen) atoms. The molecule has 112 valence electrons. The Kier molecular flexibility index (Phi) is 4.51. The van der Waals surface area contributed by atoms with Crippen LogP contribution < -0.4 is 10.5 Å². The number of sulfonamides is 1. The fraction of sp³-hybridized carbons (Fsp3) is 0.143. The maximum atomic E-state index is 13.2. The summed E-state index contributed by atoms with van der Waals surface area (Å²) in [6.45, 7) is 1.68. The van der Waals surface area contributed by atoms with Crippen LogP contribution in [0.5, 0.6) is 0 Å². The van der Waals surface area contributed by atoms with Gasteiger partial charge in [-0.1, -0.05) is 23.7 Å². The zero-order chi connectivity index (χ0) is 15.6. The summed E-state index contributed by atoms with van der Waals surface area (Å²) in [4.78, 5) is -0.286. The molecule has 0 spiro atoms. The minimum absolute atomic E-state index is 0.0339. The van der Waals surface area contributed by atoms with Gasteiger partial charge >= 0.3 is 0 Å². The molecule has 3 N–H and O–H groups in total. The topological polar surface area (TPSA) is 72.2 Å². The van der Waals surface area contributed by atoms with Crippen LogP contribution in [0.25, 0.3) is 0 Å². The quantitative estimate of drug-likeness (QED) is 0.847. The number of nitrogen functional groups attached to an aromatic ring is 1. The summed E-state index contributed by atoms with van der Waals surface area (Å²) in [6.07, 6.45) is 0. The Balaban J connectivity index is 2.28. The second-order valence-corrected chi connectivity index (χ2v) is 6.67. The summed E-state index contributed by atoms with van der Waals surface area (Å²) in [6, 6.07) is 9.48. The van der Waals surface area contributed by atoms with E-state index in [1.54, 1.807) is 31.2 Å². The number of nitrogens with one attached hydrogen (secondary N) is 1. The van der Waals surface area contributed by atoms with E-state index in [1.165, 1.54) is 6.07 Å². The molecule has 2 rings (SSSR count). The molecule has 2 aromatic carbocycles. The second-order valence-electron chi connectivity index (χ2n) is 4.58. The summed E-state index contributed by atoms with van der Waals surface area (Å²) in [7, 11) is -3.92. The Labute approximate surface area is 127 Å². The van der Waals surface area contributed by atoms with Gasteiger partial charge in [0.15, 0.2) is 0 Å². The summed E-state index contributed by atoms with van der Waals surface area (Å²) in [5, 5.41) is -0.0339. The van der Waals surface area contributed by atoms with E-state index in [9.17, 15) is 12.8 Å². The average Bonchev–Trinajstić information content (AvgIpc) is 2.41. The van der Waals surface area contributed by atoms with Gasteiger partial charge < -0.3 is 5.73 Å². The lowest BCUT2D eigenvalue weighted by atomic mass is 10.1. The lowest BCUT2D eigenvalue weighted by molar-refractivity contribution is 0.564. The molecular formula is C14H14ClFN2O2S. The van der Waals surface area contributed by atoms with E-state index in [1.807, 2.05) is 0 Å². The Morgan fingerprint density at radius 3 is 2.43 bits per heavy atom. The number of nitrogens with two attached hydrogens (primary N) is 1. The van der Waals surface area contributed by atoms with Gasteiger partial charge in [0, 0.05) is 11.7 Å². The average molecular weight is 329 g/mol. The number of benzene rings is 2. The van der Waals surface area contributed by atoms with Crippen molar-refractivity contribution >= 4 is 27.3 Å². The molecule has 0 heterocycles. The minimum atomic E-state index is -3.92. The summed E-state index contributed by atoms with van der Waals surface area (Å²) >= 11 is 5.83. The second kappa shape index (κ2) is 6.01. The van der Waals surface area contributed by atoms with Crippen molar-refractivity contribution in [2.24, 2.45) is 0 Å². The van der Waals surface area contributed by atoms with Crippen molar-refractivity contribution in [3.05, 3.63) is 58.9 Å². The predicted octanol–water partition coefficient (Wildman–Crippen LogP) is 3.10. The third kappa shape index (κ3) is 3.72. The van der Waals surface area contributed by atoms with Crippen molar-refractivity contribution in [2.45, 2.75) is 17.9 Å². The molecule has 1 atom stereocenters. The van der Waals surface area contributed by atoms with Crippen LogP contribution in [-0.2, 0) is 10.0 Å². The summed E-state index contributed by atoms with van der Waals surface area (Å²) in [5.41, 5.74) is 6.91. The summed E-state index contributed by atoms with van der Waals surface area (Å²) < 4.78 is 40.2. The SMILES string of the molecule is CC(NS(=O)(=O)c1cc(F)ccc1Cl)c1ccc(N)cc1. The van der Waals surface area contributed by atoms with Gasteiger partial charge in [-0.25, -0.2) is 17.5 Å². The highest BCUT2D eigenvalue weighted by molar-refractivity contribution is 7.89. The number of hydrogen-bond donors (Lipinski definition) is 2. The summed E-state index contributed by atoms with van der Waals surface area (Å²) in [5.74, 6) is -0.667. The standard InChI is InChI=1S/C14H14ClFN2O2S/c1-9(10-2-5-12(17)6-3-10)18-21(19,20)14-8-11(16)4-7-13(14)15/h2-9,18H,17H2,1H3. The molecule has 1 unspecified atom stereocenters. The van der Waals surface area contributed by atoms with Gasteiger partial charge in [0.1, 0.15) is 10.7 Å². The van der Waals surface area contributed by atoms with Gasteiger partial charge in [-0.15, -0.1) is 0 Å². The van der Waals surface area contributed by atoms with Crippen LogP contribution in [0.4, 0.5) is 10.1 Å². The van der Waals surface area contributed by atoms with Crippen LogP contribution in [0.2, 0.25) is 5.02 Å². The van der Waals surface area contributed by atoms with Crippen molar-refractivity contribution in [3.8, 4) is 0 Å².